The van der Waals surface area contributed by atoms with Gasteiger partial charge < -0.3 is 14.8 Å². The number of benzene rings is 1. The van der Waals surface area contributed by atoms with Crippen molar-refractivity contribution in [3.63, 3.8) is 0 Å². The summed E-state index contributed by atoms with van der Waals surface area (Å²) in [6.07, 6.45) is 3.70. The van der Waals surface area contributed by atoms with Crippen LogP contribution >= 0.6 is 0 Å². The maximum absolute atomic E-state index is 14.3. The highest BCUT2D eigenvalue weighted by Crippen LogP contribution is 2.22. The second-order valence-electron chi connectivity index (χ2n) is 6.00. The van der Waals surface area contributed by atoms with Gasteiger partial charge in [0.1, 0.15) is 11.5 Å². The fourth-order valence-corrected chi connectivity index (χ4v) is 2.71. The Morgan fingerprint density at radius 2 is 2.07 bits per heavy atom. The van der Waals surface area contributed by atoms with E-state index < -0.39 is 5.91 Å². The van der Waals surface area contributed by atoms with Crippen molar-refractivity contribution in [3.05, 3.63) is 65.4 Å². The molecular weight excluding hydrogens is 365 g/mol. The Kier molecular flexibility index (Phi) is 8.06. The Balaban J connectivity index is 0.00000136. The number of hydrogen-bond acceptors (Lipinski definition) is 5. The van der Waals surface area contributed by atoms with Crippen LogP contribution in [0.1, 0.15) is 28.0 Å². The number of halogens is 1. The fourth-order valence-electron chi connectivity index (χ4n) is 2.71. The Labute approximate surface area is 162 Å². The molecular formula is C20H24FN3O4. The van der Waals surface area contributed by atoms with Gasteiger partial charge in [-0.3, -0.25) is 14.6 Å². The van der Waals surface area contributed by atoms with Crippen molar-refractivity contribution in [2.45, 2.75) is 19.9 Å². The molecule has 8 heteroatoms. The molecule has 28 heavy (non-hydrogen) atoms. The molecule has 2 heterocycles. The third-order valence-electron chi connectivity index (χ3n) is 4.05. The highest BCUT2D eigenvalue weighted by Gasteiger charge is 2.17. The van der Waals surface area contributed by atoms with E-state index in [1.165, 1.54) is 6.07 Å². The normalized spacial score (nSPS) is 10.5. The number of hydrogen-bond donors (Lipinski definition) is 3. The number of fused-ring (bicyclic) bond motifs is 1. The minimum atomic E-state index is -0.438. The van der Waals surface area contributed by atoms with Gasteiger partial charge in [-0.05, 0) is 37.1 Å². The molecule has 0 aliphatic heterocycles. The Hall–Kier alpha value is -2.81. The molecule has 2 aromatic heterocycles. The van der Waals surface area contributed by atoms with Crippen LogP contribution in [-0.2, 0) is 11.4 Å². The smallest absolute Gasteiger partial charge is 0.291 e. The van der Waals surface area contributed by atoms with Crippen LogP contribution in [-0.4, -0.2) is 46.0 Å². The van der Waals surface area contributed by atoms with Crippen LogP contribution in [0.25, 0.3) is 10.9 Å². The standard InChI is InChI=1S/C19H20FN3O3.CH4O/c1-13-3-4-15(16(20)9-13)12-23-17(19(25)22-26-8-2-7-24)10-14-5-6-21-11-18(14)23;1-2/h3-6,9-11,24H,2,7-8,12H2,1H3,(H,22,25);2H,1H3. The van der Waals surface area contributed by atoms with Gasteiger partial charge in [-0.15, -0.1) is 0 Å². The van der Waals surface area contributed by atoms with E-state index >= 15 is 0 Å². The number of carbonyl (C=O) groups excluding carboxylic acids is 1. The van der Waals surface area contributed by atoms with Gasteiger partial charge in [-0.1, -0.05) is 12.1 Å². The Morgan fingerprint density at radius 1 is 1.29 bits per heavy atom. The van der Waals surface area contributed by atoms with Crippen molar-refractivity contribution in [3.8, 4) is 0 Å². The van der Waals surface area contributed by atoms with Gasteiger partial charge in [0.25, 0.3) is 5.91 Å². The highest BCUT2D eigenvalue weighted by molar-refractivity contribution is 5.98. The van der Waals surface area contributed by atoms with Crippen LogP contribution in [0, 0.1) is 12.7 Å². The van der Waals surface area contributed by atoms with Crippen LogP contribution in [0.3, 0.4) is 0 Å². The van der Waals surface area contributed by atoms with E-state index in [-0.39, 0.29) is 25.6 Å². The van der Waals surface area contributed by atoms with E-state index in [1.54, 1.807) is 35.2 Å². The topological polar surface area (TPSA) is 96.6 Å². The summed E-state index contributed by atoms with van der Waals surface area (Å²) in [4.78, 5) is 21.7. The van der Waals surface area contributed by atoms with Crippen molar-refractivity contribution in [1.29, 1.82) is 0 Å². The number of aliphatic hydroxyl groups is 2. The molecule has 0 saturated carbocycles. The third-order valence-corrected chi connectivity index (χ3v) is 4.05. The summed E-state index contributed by atoms with van der Waals surface area (Å²) in [5.41, 5.74) is 4.75. The molecule has 0 unspecified atom stereocenters. The second kappa shape index (κ2) is 10.5. The summed E-state index contributed by atoms with van der Waals surface area (Å²) >= 11 is 0. The number of rotatable bonds is 7. The minimum Gasteiger partial charge on any atom is -0.400 e. The van der Waals surface area contributed by atoms with E-state index in [9.17, 15) is 9.18 Å². The zero-order valence-corrected chi connectivity index (χ0v) is 15.9. The highest BCUT2D eigenvalue weighted by atomic mass is 19.1. The van der Waals surface area contributed by atoms with Crippen LogP contribution in [0.4, 0.5) is 4.39 Å². The van der Waals surface area contributed by atoms with E-state index in [0.717, 1.165) is 23.6 Å². The summed E-state index contributed by atoms with van der Waals surface area (Å²) in [5, 5.41) is 16.6. The van der Waals surface area contributed by atoms with Gasteiger partial charge in [0.15, 0.2) is 0 Å². The van der Waals surface area contributed by atoms with Crippen LogP contribution in [0.2, 0.25) is 0 Å². The third kappa shape index (κ3) is 5.13. The van der Waals surface area contributed by atoms with Crippen molar-refractivity contribution >= 4 is 16.8 Å². The average molecular weight is 389 g/mol. The van der Waals surface area contributed by atoms with E-state index in [1.807, 2.05) is 13.0 Å². The zero-order valence-electron chi connectivity index (χ0n) is 15.9. The first-order valence-corrected chi connectivity index (χ1v) is 8.76. The van der Waals surface area contributed by atoms with Gasteiger partial charge in [-0.25, -0.2) is 9.87 Å². The molecule has 1 amide bonds. The molecule has 7 nitrogen and oxygen atoms in total. The lowest BCUT2D eigenvalue weighted by molar-refractivity contribution is 0.0255. The van der Waals surface area contributed by atoms with Gasteiger partial charge >= 0.3 is 0 Å². The van der Waals surface area contributed by atoms with Crippen molar-refractivity contribution in [1.82, 2.24) is 15.0 Å². The number of carbonyl (C=O) groups is 1. The van der Waals surface area contributed by atoms with E-state index in [0.29, 0.717) is 17.7 Å². The summed E-state index contributed by atoms with van der Waals surface area (Å²) in [5.74, 6) is -0.757. The fraction of sp³-hybridized carbons (Fsp3) is 0.300. The molecule has 0 spiro atoms. The molecule has 150 valence electrons. The van der Waals surface area contributed by atoms with Gasteiger partial charge in [0.2, 0.25) is 0 Å². The predicted molar refractivity (Wildman–Crippen MR) is 103 cm³/mol. The number of nitrogens with zero attached hydrogens (tertiary/aromatic N) is 2. The summed E-state index contributed by atoms with van der Waals surface area (Å²) in [7, 11) is 1.00. The van der Waals surface area contributed by atoms with Crippen molar-refractivity contribution in [2.75, 3.05) is 20.3 Å². The molecule has 3 aromatic rings. The van der Waals surface area contributed by atoms with E-state index in [2.05, 4.69) is 10.5 Å². The lowest BCUT2D eigenvalue weighted by Gasteiger charge is -2.12. The summed E-state index contributed by atoms with van der Waals surface area (Å²) in [6, 6.07) is 8.53. The molecule has 0 aliphatic carbocycles. The van der Waals surface area contributed by atoms with Crippen molar-refractivity contribution < 1.29 is 24.2 Å². The lowest BCUT2D eigenvalue weighted by atomic mass is 10.1. The van der Waals surface area contributed by atoms with Crippen molar-refractivity contribution in [2.24, 2.45) is 0 Å². The number of nitrogens with one attached hydrogen (secondary N) is 1. The molecule has 3 rings (SSSR count). The molecule has 0 bridgehead atoms. The minimum absolute atomic E-state index is 0.0193. The monoisotopic (exact) mass is 389 g/mol. The zero-order chi connectivity index (χ0) is 20.5. The van der Waals surface area contributed by atoms with E-state index in [4.69, 9.17) is 15.1 Å². The van der Waals surface area contributed by atoms with Gasteiger partial charge in [0.05, 0.1) is 24.9 Å². The van der Waals surface area contributed by atoms with Gasteiger partial charge in [0, 0.05) is 30.9 Å². The number of hydroxylamine groups is 1. The summed E-state index contributed by atoms with van der Waals surface area (Å²) < 4.78 is 16.0. The Morgan fingerprint density at radius 3 is 2.79 bits per heavy atom. The molecule has 0 saturated heterocycles. The maximum Gasteiger partial charge on any atom is 0.291 e. The van der Waals surface area contributed by atoms with Crippen LogP contribution in [0.5, 0.6) is 0 Å². The summed E-state index contributed by atoms with van der Waals surface area (Å²) in [6.45, 7) is 2.20. The first kappa shape index (κ1) is 21.5. The second-order valence-corrected chi connectivity index (χ2v) is 6.00. The molecule has 0 fully saturated rings. The molecule has 0 radical (unpaired) electrons. The number of aryl methyl sites for hydroxylation is 1. The Bertz CT molecular complexity index is 927. The number of aliphatic hydroxyl groups excluding tert-OH is 2. The predicted octanol–water partition coefficient (Wildman–Crippen LogP) is 2.18. The van der Waals surface area contributed by atoms with Crippen LogP contribution < -0.4 is 5.48 Å². The number of aromatic nitrogens is 2. The first-order chi connectivity index (χ1) is 13.6. The van der Waals surface area contributed by atoms with Gasteiger partial charge in [-0.2, -0.15) is 0 Å². The lowest BCUT2D eigenvalue weighted by Crippen LogP contribution is -2.27. The quantitative estimate of drug-likeness (QED) is 0.425. The van der Waals surface area contributed by atoms with Crippen LogP contribution in [0.15, 0.2) is 42.7 Å². The number of amides is 1. The first-order valence-electron chi connectivity index (χ1n) is 8.76. The number of pyridine rings is 1. The molecule has 1 aromatic carbocycles. The largest absolute Gasteiger partial charge is 0.400 e. The SMILES string of the molecule is CO.Cc1ccc(Cn2c(C(=O)NOCCCO)cc3ccncc32)c(F)c1. The molecule has 3 N–H and O–H groups in total. The maximum atomic E-state index is 14.3. The average Bonchev–Trinajstić information content (AvgIpc) is 3.07. The molecule has 0 atom stereocenters. The molecule has 0 aliphatic rings.